The Labute approximate surface area is 227 Å². The predicted octanol–water partition coefficient (Wildman–Crippen LogP) is 3.77. The van der Waals surface area contributed by atoms with Crippen LogP contribution in [0.15, 0.2) is 25.3 Å². The number of esters is 1. The fraction of sp³-hybridized carbons (Fsp3) is 0.767. The lowest BCUT2D eigenvalue weighted by Crippen LogP contribution is -2.60. The standard InChI is InChI=1S/C30H46N2O6/c1-5-8-9-13-19-37-28(36)24-23-26(34)32(21(4)20-33)25(30(23)17-16-29(24,7-3)38-30)27(35)31(18-6-2)22-14-11-10-12-15-22/h5-6,21-25,33H,1-2,7-20H2,3-4H3/t21-,23+,24-,25?,29+,30?/m1/s1. The summed E-state index contributed by atoms with van der Waals surface area (Å²) in [5.74, 6) is -2.40. The molecule has 2 bridgehead atoms. The van der Waals surface area contributed by atoms with Crippen molar-refractivity contribution in [2.75, 3.05) is 19.8 Å². The van der Waals surface area contributed by atoms with E-state index in [1.807, 2.05) is 17.9 Å². The summed E-state index contributed by atoms with van der Waals surface area (Å²) >= 11 is 0. The van der Waals surface area contributed by atoms with Gasteiger partial charge in [-0.25, -0.2) is 0 Å². The minimum Gasteiger partial charge on any atom is -0.465 e. The van der Waals surface area contributed by atoms with E-state index in [1.54, 1.807) is 13.0 Å². The Bertz CT molecular complexity index is 916. The quantitative estimate of drug-likeness (QED) is 0.221. The monoisotopic (exact) mass is 530 g/mol. The zero-order chi connectivity index (χ0) is 27.5. The topological polar surface area (TPSA) is 96.4 Å². The largest absolute Gasteiger partial charge is 0.465 e. The first kappa shape index (κ1) is 28.8. The third-order valence-electron chi connectivity index (χ3n) is 9.52. The van der Waals surface area contributed by atoms with Crippen molar-refractivity contribution >= 4 is 17.8 Å². The van der Waals surface area contributed by atoms with Gasteiger partial charge in [0.25, 0.3) is 0 Å². The van der Waals surface area contributed by atoms with Crippen LogP contribution < -0.4 is 0 Å². The number of fused-ring (bicyclic) bond motifs is 1. The molecular formula is C30H46N2O6. The smallest absolute Gasteiger partial charge is 0.312 e. The molecule has 212 valence electrons. The number of amides is 2. The number of likely N-dealkylation sites (tertiary alicyclic amines) is 1. The minimum absolute atomic E-state index is 0.0844. The first-order valence-electron chi connectivity index (χ1n) is 14.6. The molecule has 3 heterocycles. The summed E-state index contributed by atoms with van der Waals surface area (Å²) in [6.45, 7) is 11.8. The van der Waals surface area contributed by atoms with Crippen LogP contribution in [0, 0.1) is 11.8 Å². The van der Waals surface area contributed by atoms with Crippen molar-refractivity contribution in [1.82, 2.24) is 9.80 Å². The molecule has 4 aliphatic rings. The number of aliphatic hydroxyl groups is 1. The van der Waals surface area contributed by atoms with Crippen molar-refractivity contribution in [2.45, 2.75) is 114 Å². The number of hydrogen-bond acceptors (Lipinski definition) is 6. The van der Waals surface area contributed by atoms with Gasteiger partial charge in [-0.05, 0) is 58.3 Å². The van der Waals surface area contributed by atoms with Crippen LogP contribution >= 0.6 is 0 Å². The molecule has 8 heteroatoms. The Morgan fingerprint density at radius 3 is 2.58 bits per heavy atom. The third-order valence-corrected chi connectivity index (χ3v) is 9.52. The number of aliphatic hydroxyl groups excluding tert-OH is 1. The SMILES string of the molecule is C=CCCCCOC(=O)[C@H]1[C@H]2C(=O)N([C@H](C)CO)C(C(=O)N(CC=C)C3CCCCC3)C23CC[C@]1(CC)O3. The zero-order valence-electron chi connectivity index (χ0n) is 23.2. The third kappa shape index (κ3) is 4.72. The van der Waals surface area contributed by atoms with Crippen LogP contribution in [0.3, 0.4) is 0 Å². The molecule has 3 saturated heterocycles. The van der Waals surface area contributed by atoms with Gasteiger partial charge in [-0.1, -0.05) is 38.3 Å². The van der Waals surface area contributed by atoms with Crippen LogP contribution in [0.5, 0.6) is 0 Å². The van der Waals surface area contributed by atoms with Crippen molar-refractivity contribution in [3.63, 3.8) is 0 Å². The van der Waals surface area contributed by atoms with Gasteiger partial charge >= 0.3 is 5.97 Å². The highest BCUT2D eigenvalue weighted by Gasteiger charge is 2.79. The highest BCUT2D eigenvalue weighted by Crippen LogP contribution is 2.65. The average Bonchev–Trinajstić information content (AvgIpc) is 3.54. The van der Waals surface area contributed by atoms with Crippen LogP contribution in [0.1, 0.15) is 84.5 Å². The summed E-state index contributed by atoms with van der Waals surface area (Å²) in [6, 6.07) is -1.38. The number of ether oxygens (including phenoxy) is 2. The molecule has 8 nitrogen and oxygen atoms in total. The van der Waals surface area contributed by atoms with Crippen LogP contribution in [0.4, 0.5) is 0 Å². The molecule has 2 unspecified atom stereocenters. The summed E-state index contributed by atoms with van der Waals surface area (Å²) in [5.41, 5.74) is -1.92. The first-order valence-corrected chi connectivity index (χ1v) is 14.6. The van der Waals surface area contributed by atoms with E-state index in [4.69, 9.17) is 9.47 Å². The van der Waals surface area contributed by atoms with Crippen LogP contribution in [-0.4, -0.2) is 81.8 Å². The van der Waals surface area contributed by atoms with Crippen molar-refractivity contribution in [3.05, 3.63) is 25.3 Å². The number of unbranched alkanes of at least 4 members (excludes halogenated alkanes) is 2. The van der Waals surface area contributed by atoms with Crippen molar-refractivity contribution in [2.24, 2.45) is 11.8 Å². The summed E-state index contributed by atoms with van der Waals surface area (Å²) in [4.78, 5) is 45.6. The number of allylic oxidation sites excluding steroid dienone is 1. The van der Waals surface area contributed by atoms with E-state index in [1.165, 1.54) is 4.90 Å². The van der Waals surface area contributed by atoms with Gasteiger partial charge in [0.1, 0.15) is 17.6 Å². The average molecular weight is 531 g/mol. The first-order chi connectivity index (χ1) is 18.3. The van der Waals surface area contributed by atoms with Crippen LogP contribution in [-0.2, 0) is 23.9 Å². The highest BCUT2D eigenvalue weighted by atomic mass is 16.6. The molecule has 6 atom stereocenters. The molecule has 0 aromatic rings. The van der Waals surface area contributed by atoms with Crippen LogP contribution in [0.2, 0.25) is 0 Å². The fourth-order valence-electron chi connectivity index (χ4n) is 7.62. The molecule has 1 saturated carbocycles. The molecule has 1 spiro atoms. The predicted molar refractivity (Wildman–Crippen MR) is 144 cm³/mol. The Kier molecular flexibility index (Phi) is 9.03. The van der Waals surface area contributed by atoms with Gasteiger partial charge in [0.05, 0.1) is 30.8 Å². The number of rotatable bonds is 13. The van der Waals surface area contributed by atoms with Gasteiger partial charge in [0, 0.05) is 12.6 Å². The second-order valence-corrected chi connectivity index (χ2v) is 11.6. The lowest BCUT2D eigenvalue weighted by molar-refractivity contribution is -0.164. The summed E-state index contributed by atoms with van der Waals surface area (Å²) in [5, 5.41) is 10.1. The molecule has 4 fully saturated rings. The summed E-state index contributed by atoms with van der Waals surface area (Å²) in [7, 11) is 0. The van der Waals surface area contributed by atoms with Gasteiger partial charge in [-0.2, -0.15) is 0 Å². The lowest BCUT2D eigenvalue weighted by atomic mass is 9.65. The number of carbonyl (C=O) groups excluding carboxylic acids is 3. The minimum atomic E-state index is -1.10. The van der Waals surface area contributed by atoms with Crippen LogP contribution in [0.25, 0.3) is 0 Å². The summed E-state index contributed by atoms with van der Waals surface area (Å²) in [6.07, 6.45) is 12.9. The Hall–Kier alpha value is -2.19. The fourth-order valence-corrected chi connectivity index (χ4v) is 7.62. The van der Waals surface area contributed by atoms with Gasteiger partial charge in [0.15, 0.2) is 0 Å². The second-order valence-electron chi connectivity index (χ2n) is 11.6. The molecule has 4 rings (SSSR count). The molecule has 0 radical (unpaired) electrons. The van der Waals surface area contributed by atoms with Gasteiger partial charge < -0.3 is 24.4 Å². The van der Waals surface area contributed by atoms with Gasteiger partial charge in [-0.15, -0.1) is 13.2 Å². The van der Waals surface area contributed by atoms with E-state index in [0.717, 1.165) is 51.4 Å². The molecular weight excluding hydrogens is 484 g/mol. The Morgan fingerprint density at radius 2 is 1.95 bits per heavy atom. The number of carbonyl (C=O) groups is 3. The molecule has 2 amide bonds. The molecule has 0 aromatic carbocycles. The van der Waals surface area contributed by atoms with Gasteiger partial charge in [-0.3, -0.25) is 14.4 Å². The Morgan fingerprint density at radius 1 is 1.21 bits per heavy atom. The van der Waals surface area contributed by atoms with Gasteiger partial charge in [0.2, 0.25) is 11.8 Å². The highest BCUT2D eigenvalue weighted by molar-refractivity contribution is 5.98. The van der Waals surface area contributed by atoms with E-state index in [9.17, 15) is 19.5 Å². The maximum absolute atomic E-state index is 14.5. The number of nitrogens with zero attached hydrogens (tertiary/aromatic N) is 2. The maximum Gasteiger partial charge on any atom is 0.312 e. The second kappa shape index (κ2) is 11.9. The normalized spacial score (nSPS) is 33.2. The maximum atomic E-state index is 14.5. The molecule has 0 aromatic heterocycles. The molecule has 38 heavy (non-hydrogen) atoms. The van der Waals surface area contributed by atoms with Crippen molar-refractivity contribution < 1.29 is 29.0 Å². The van der Waals surface area contributed by atoms with Crippen molar-refractivity contribution in [1.29, 1.82) is 0 Å². The Balaban J connectivity index is 1.69. The van der Waals surface area contributed by atoms with E-state index >= 15 is 0 Å². The van der Waals surface area contributed by atoms with E-state index in [2.05, 4.69) is 13.2 Å². The molecule has 1 aliphatic carbocycles. The van der Waals surface area contributed by atoms with E-state index in [0.29, 0.717) is 25.8 Å². The molecule has 3 aliphatic heterocycles. The zero-order valence-corrected chi connectivity index (χ0v) is 23.2. The van der Waals surface area contributed by atoms with E-state index in [-0.39, 0.29) is 31.1 Å². The van der Waals surface area contributed by atoms with E-state index < -0.39 is 41.1 Å². The summed E-state index contributed by atoms with van der Waals surface area (Å²) < 4.78 is 12.5. The lowest BCUT2D eigenvalue weighted by Gasteiger charge is -2.42. The van der Waals surface area contributed by atoms with Crippen molar-refractivity contribution in [3.8, 4) is 0 Å². The molecule has 1 N–H and O–H groups in total. The number of hydrogen-bond donors (Lipinski definition) is 1.